The number of fused-ring (bicyclic) bond motifs is 1. The topological polar surface area (TPSA) is 53.6 Å². The second-order valence-corrected chi connectivity index (χ2v) is 5.71. The van der Waals surface area contributed by atoms with Crippen LogP contribution in [0, 0.1) is 0 Å². The van der Waals surface area contributed by atoms with Crippen molar-refractivity contribution in [1.29, 1.82) is 0 Å². The van der Waals surface area contributed by atoms with Gasteiger partial charge in [-0.15, -0.1) is 0 Å². The molecular formula is C13H22F3N3O2. The molecule has 2 fully saturated rings. The van der Waals surface area contributed by atoms with E-state index in [0.717, 1.165) is 19.5 Å². The van der Waals surface area contributed by atoms with Crippen molar-refractivity contribution in [2.45, 2.75) is 44.1 Å². The third-order valence-electron chi connectivity index (χ3n) is 3.97. The minimum atomic E-state index is -4.38. The van der Waals surface area contributed by atoms with Crippen LogP contribution in [0.5, 0.6) is 0 Å². The van der Waals surface area contributed by atoms with Gasteiger partial charge < -0.3 is 15.4 Å². The van der Waals surface area contributed by atoms with Crippen molar-refractivity contribution in [3.8, 4) is 0 Å². The normalized spacial score (nSPS) is 28.2. The molecule has 0 bridgehead atoms. The van der Waals surface area contributed by atoms with Gasteiger partial charge in [-0.05, 0) is 26.3 Å². The highest BCUT2D eigenvalue weighted by molar-refractivity contribution is 5.81. The third kappa shape index (κ3) is 5.12. The first-order valence-electron chi connectivity index (χ1n) is 7.28. The molecule has 0 aromatic heterocycles. The summed E-state index contributed by atoms with van der Waals surface area (Å²) in [6.45, 7) is 3.30. The van der Waals surface area contributed by atoms with Crippen LogP contribution < -0.4 is 10.6 Å². The van der Waals surface area contributed by atoms with Gasteiger partial charge in [0.1, 0.15) is 6.54 Å². The molecule has 21 heavy (non-hydrogen) atoms. The summed E-state index contributed by atoms with van der Waals surface area (Å²) in [6.07, 6.45) is -2.05. The van der Waals surface area contributed by atoms with Crippen LogP contribution in [0.2, 0.25) is 0 Å². The van der Waals surface area contributed by atoms with Gasteiger partial charge in [0.05, 0.1) is 18.8 Å². The lowest BCUT2D eigenvalue weighted by Crippen LogP contribution is -2.52. The fourth-order valence-electron chi connectivity index (χ4n) is 2.75. The van der Waals surface area contributed by atoms with Crippen LogP contribution in [0.25, 0.3) is 0 Å². The Hall–Kier alpha value is -0.860. The number of hydrogen-bond donors (Lipinski definition) is 2. The largest absolute Gasteiger partial charge is 0.405 e. The Morgan fingerprint density at radius 1 is 1.48 bits per heavy atom. The zero-order valence-electron chi connectivity index (χ0n) is 12.1. The van der Waals surface area contributed by atoms with Crippen molar-refractivity contribution < 1.29 is 22.7 Å². The Balaban J connectivity index is 1.66. The van der Waals surface area contributed by atoms with Crippen molar-refractivity contribution in [1.82, 2.24) is 15.5 Å². The maximum Gasteiger partial charge on any atom is 0.405 e. The summed E-state index contributed by atoms with van der Waals surface area (Å²) in [7, 11) is 0. The smallest absolute Gasteiger partial charge is 0.374 e. The zero-order chi connectivity index (χ0) is 15.5. The number of ether oxygens (including phenoxy) is 1. The summed E-state index contributed by atoms with van der Waals surface area (Å²) in [6, 6.07) is -0.166. The van der Waals surface area contributed by atoms with Crippen molar-refractivity contribution in [3.05, 3.63) is 0 Å². The molecule has 2 saturated heterocycles. The maximum absolute atomic E-state index is 12.0. The number of rotatable bonds is 5. The van der Waals surface area contributed by atoms with Gasteiger partial charge in [0.25, 0.3) is 0 Å². The molecule has 2 aliphatic rings. The van der Waals surface area contributed by atoms with Gasteiger partial charge in [-0.1, -0.05) is 0 Å². The first-order valence-corrected chi connectivity index (χ1v) is 7.28. The number of carbonyl (C=O) groups excluding carboxylic acids is 1. The van der Waals surface area contributed by atoms with Crippen LogP contribution in [-0.4, -0.2) is 68.0 Å². The second-order valence-electron chi connectivity index (χ2n) is 5.71. The van der Waals surface area contributed by atoms with Gasteiger partial charge in [-0.3, -0.25) is 9.69 Å². The van der Waals surface area contributed by atoms with Crippen molar-refractivity contribution in [2.75, 3.05) is 32.8 Å². The van der Waals surface area contributed by atoms with Crippen LogP contribution >= 0.6 is 0 Å². The first-order chi connectivity index (χ1) is 9.85. The number of amides is 1. The molecule has 0 aliphatic carbocycles. The highest BCUT2D eigenvalue weighted by Gasteiger charge is 2.32. The number of alkyl halides is 3. The van der Waals surface area contributed by atoms with E-state index < -0.39 is 24.7 Å². The molecule has 2 aliphatic heterocycles. The number of nitrogens with one attached hydrogen (secondary N) is 2. The number of nitrogens with zero attached hydrogens (tertiary/aromatic N) is 1. The van der Waals surface area contributed by atoms with Crippen molar-refractivity contribution in [2.24, 2.45) is 0 Å². The first kappa shape index (κ1) is 16.5. The summed E-state index contributed by atoms with van der Waals surface area (Å²) < 4.78 is 41.8. The molecule has 8 heteroatoms. The van der Waals surface area contributed by atoms with E-state index in [4.69, 9.17) is 4.74 Å². The van der Waals surface area contributed by atoms with E-state index in [2.05, 4.69) is 10.2 Å². The predicted octanol–water partition coefficient (Wildman–Crippen LogP) is 0.506. The van der Waals surface area contributed by atoms with E-state index in [9.17, 15) is 18.0 Å². The number of hydrogen-bond acceptors (Lipinski definition) is 4. The molecule has 0 radical (unpaired) electrons. The third-order valence-corrected chi connectivity index (χ3v) is 3.97. The summed E-state index contributed by atoms with van der Waals surface area (Å²) in [5, 5.41) is 4.81. The molecular weight excluding hydrogens is 287 g/mol. The zero-order valence-corrected chi connectivity index (χ0v) is 12.1. The molecule has 2 N–H and O–H groups in total. The molecule has 3 unspecified atom stereocenters. The lowest BCUT2D eigenvalue weighted by atomic mass is 10.2. The summed E-state index contributed by atoms with van der Waals surface area (Å²) in [5.74, 6) is -0.651. The highest BCUT2D eigenvalue weighted by Crippen LogP contribution is 2.22. The standard InChI is InChI=1S/C13H22F3N3O2/c1-9(12(20)18-8-13(14,15)16)17-5-11-6-19-4-2-3-10(19)7-21-11/h9-11,17H,2-8H2,1H3,(H,18,20). The summed E-state index contributed by atoms with van der Waals surface area (Å²) in [4.78, 5) is 13.9. The summed E-state index contributed by atoms with van der Waals surface area (Å²) >= 11 is 0. The molecule has 2 heterocycles. The van der Waals surface area contributed by atoms with Crippen molar-refractivity contribution in [3.63, 3.8) is 0 Å². The van der Waals surface area contributed by atoms with Gasteiger partial charge in [0.2, 0.25) is 5.91 Å². The molecule has 0 saturated carbocycles. The fourth-order valence-corrected chi connectivity index (χ4v) is 2.75. The maximum atomic E-state index is 12.0. The van der Waals surface area contributed by atoms with E-state index in [1.165, 1.54) is 6.42 Å². The molecule has 0 aromatic rings. The monoisotopic (exact) mass is 309 g/mol. The molecule has 0 aromatic carbocycles. The Morgan fingerprint density at radius 3 is 2.95 bits per heavy atom. The Labute approximate surface area is 122 Å². The summed E-state index contributed by atoms with van der Waals surface area (Å²) in [5.41, 5.74) is 0. The molecule has 1 amide bonds. The lowest BCUT2D eigenvalue weighted by molar-refractivity contribution is -0.139. The van der Waals surface area contributed by atoms with Crippen LogP contribution in [0.15, 0.2) is 0 Å². The predicted molar refractivity (Wildman–Crippen MR) is 70.9 cm³/mol. The molecule has 3 atom stereocenters. The average Bonchev–Trinajstić information content (AvgIpc) is 2.88. The van der Waals surface area contributed by atoms with E-state index in [1.807, 2.05) is 5.32 Å². The van der Waals surface area contributed by atoms with Gasteiger partial charge in [-0.25, -0.2) is 0 Å². The van der Waals surface area contributed by atoms with Crippen LogP contribution in [0.3, 0.4) is 0 Å². The van der Waals surface area contributed by atoms with E-state index in [1.54, 1.807) is 6.92 Å². The van der Waals surface area contributed by atoms with Gasteiger partial charge >= 0.3 is 6.18 Å². The van der Waals surface area contributed by atoms with E-state index >= 15 is 0 Å². The number of halogens is 3. The van der Waals surface area contributed by atoms with Crippen molar-refractivity contribution >= 4 is 5.91 Å². The van der Waals surface area contributed by atoms with Gasteiger partial charge in [0.15, 0.2) is 0 Å². The lowest BCUT2D eigenvalue weighted by Gasteiger charge is -2.35. The fraction of sp³-hybridized carbons (Fsp3) is 0.923. The SMILES string of the molecule is CC(NCC1CN2CCCC2CO1)C(=O)NCC(F)(F)F. The quantitative estimate of drug-likeness (QED) is 0.777. The van der Waals surface area contributed by atoms with Crippen LogP contribution in [-0.2, 0) is 9.53 Å². The Morgan fingerprint density at radius 2 is 2.24 bits per heavy atom. The second kappa shape index (κ2) is 6.93. The minimum Gasteiger partial charge on any atom is -0.374 e. The van der Waals surface area contributed by atoms with E-state index in [-0.39, 0.29) is 6.10 Å². The molecule has 122 valence electrons. The Bertz CT molecular complexity index is 365. The van der Waals surface area contributed by atoms with Gasteiger partial charge in [-0.2, -0.15) is 13.2 Å². The molecule has 2 rings (SSSR count). The van der Waals surface area contributed by atoms with Gasteiger partial charge in [0, 0.05) is 19.1 Å². The van der Waals surface area contributed by atoms with Crippen LogP contribution in [0.1, 0.15) is 19.8 Å². The minimum absolute atomic E-state index is 0.0165. The number of carbonyl (C=O) groups is 1. The highest BCUT2D eigenvalue weighted by atomic mass is 19.4. The average molecular weight is 309 g/mol. The number of morpholine rings is 1. The Kier molecular flexibility index (Phi) is 5.45. The molecule has 5 nitrogen and oxygen atoms in total. The molecule has 0 spiro atoms. The van der Waals surface area contributed by atoms with Crippen LogP contribution in [0.4, 0.5) is 13.2 Å². The van der Waals surface area contributed by atoms with E-state index in [0.29, 0.717) is 19.2 Å².